The molecule has 0 bridgehead atoms. The maximum Gasteiger partial charge on any atom is 0.233 e. The van der Waals surface area contributed by atoms with Gasteiger partial charge >= 0.3 is 0 Å². The van der Waals surface area contributed by atoms with Gasteiger partial charge in [0, 0.05) is 24.5 Å². The van der Waals surface area contributed by atoms with Gasteiger partial charge in [0.25, 0.3) is 0 Å². The van der Waals surface area contributed by atoms with Gasteiger partial charge in [0.05, 0.1) is 5.75 Å². The molecule has 0 saturated carbocycles. The third-order valence-electron chi connectivity index (χ3n) is 3.96. The first-order valence-corrected chi connectivity index (χ1v) is 10.6. The van der Waals surface area contributed by atoms with Gasteiger partial charge in [-0.25, -0.2) is 8.42 Å². The largest absolute Gasteiger partial charge is 0.372 e. The summed E-state index contributed by atoms with van der Waals surface area (Å²) in [4.78, 5) is 2.27. The molecule has 8 heteroatoms. The first kappa shape index (κ1) is 20.0. The zero-order chi connectivity index (χ0) is 19.0. The molecule has 0 aliphatic rings. The highest BCUT2D eigenvalue weighted by molar-refractivity contribution is 7.92. The van der Waals surface area contributed by atoms with Crippen LogP contribution in [0, 0.1) is 0 Å². The molecule has 2 aromatic rings. The lowest BCUT2D eigenvalue weighted by molar-refractivity contribution is 0.597. The number of hydrogen-bond donors (Lipinski definition) is 2. The number of rotatable bonds is 10. The normalized spacial score (nSPS) is 11.2. The molecule has 0 amide bonds. The van der Waals surface area contributed by atoms with Gasteiger partial charge in [0.1, 0.15) is 0 Å². The summed E-state index contributed by atoms with van der Waals surface area (Å²) in [6.45, 7) is 8.13. The molecule has 1 heterocycles. The molecule has 142 valence electrons. The van der Waals surface area contributed by atoms with Crippen molar-refractivity contribution in [2.45, 2.75) is 33.6 Å². The molecule has 2 rings (SSSR count). The number of unbranched alkanes of at least 4 members (excludes halogenated alkanes) is 1. The number of aromatic nitrogens is 2. The van der Waals surface area contributed by atoms with Gasteiger partial charge in [0.2, 0.25) is 10.0 Å². The Hall–Kier alpha value is -2.35. The molecule has 0 aliphatic heterocycles. The number of nitrogens with zero attached hydrogens (tertiary/aromatic N) is 3. The zero-order valence-corrected chi connectivity index (χ0v) is 16.4. The third kappa shape index (κ3) is 5.87. The molecule has 26 heavy (non-hydrogen) atoms. The van der Waals surface area contributed by atoms with E-state index < -0.39 is 10.0 Å². The van der Waals surface area contributed by atoms with Gasteiger partial charge in [-0.15, -0.1) is 10.2 Å². The lowest BCUT2D eigenvalue weighted by atomic mass is 10.2. The van der Waals surface area contributed by atoms with Crippen LogP contribution in [0.15, 0.2) is 36.4 Å². The number of hydrogen-bond acceptors (Lipinski definition) is 6. The molecule has 0 spiro atoms. The molecular formula is C18H27N5O2S. The predicted molar refractivity (Wildman–Crippen MR) is 108 cm³/mol. The fraction of sp³-hybridized carbons (Fsp3) is 0.444. The van der Waals surface area contributed by atoms with E-state index in [4.69, 9.17) is 0 Å². The second-order valence-electron chi connectivity index (χ2n) is 5.92. The highest BCUT2D eigenvalue weighted by Gasteiger charge is 2.10. The van der Waals surface area contributed by atoms with Crippen LogP contribution in [0.2, 0.25) is 0 Å². The Labute approximate surface area is 155 Å². The summed E-state index contributed by atoms with van der Waals surface area (Å²) >= 11 is 0. The number of benzene rings is 1. The fourth-order valence-electron chi connectivity index (χ4n) is 2.49. The van der Waals surface area contributed by atoms with E-state index >= 15 is 0 Å². The maximum absolute atomic E-state index is 11.9. The molecule has 2 N–H and O–H groups in total. The van der Waals surface area contributed by atoms with Gasteiger partial charge in [-0.3, -0.25) is 4.72 Å². The van der Waals surface area contributed by atoms with Crippen LogP contribution in [0.3, 0.4) is 0 Å². The van der Waals surface area contributed by atoms with Crippen molar-refractivity contribution in [3.8, 4) is 0 Å². The topological polar surface area (TPSA) is 87.2 Å². The van der Waals surface area contributed by atoms with Crippen molar-refractivity contribution in [3.05, 3.63) is 36.4 Å². The van der Waals surface area contributed by atoms with Crippen molar-refractivity contribution >= 4 is 33.0 Å². The summed E-state index contributed by atoms with van der Waals surface area (Å²) < 4.78 is 26.2. The minimum absolute atomic E-state index is 0.0874. The summed E-state index contributed by atoms with van der Waals surface area (Å²) in [6, 6.07) is 11.4. The van der Waals surface area contributed by atoms with E-state index in [0.29, 0.717) is 12.2 Å². The van der Waals surface area contributed by atoms with Gasteiger partial charge < -0.3 is 10.2 Å². The lowest BCUT2D eigenvalue weighted by Gasteiger charge is -2.21. The Morgan fingerprint density at radius 1 is 0.923 bits per heavy atom. The van der Waals surface area contributed by atoms with Crippen LogP contribution in [-0.4, -0.2) is 37.5 Å². The van der Waals surface area contributed by atoms with E-state index in [1.165, 1.54) is 5.69 Å². The minimum atomic E-state index is -3.36. The van der Waals surface area contributed by atoms with E-state index in [9.17, 15) is 8.42 Å². The standard InChI is InChI=1S/C18H27N5O2S/c1-4-7-14-26(24,25)22-18-13-12-17(20-21-18)19-15-8-10-16(11-9-15)23(5-2)6-3/h8-13H,4-7,14H2,1-3H3,(H,19,20)(H,21,22). The minimum Gasteiger partial charge on any atom is -0.372 e. The maximum atomic E-state index is 11.9. The van der Waals surface area contributed by atoms with Gasteiger partial charge in [-0.05, 0) is 56.7 Å². The second-order valence-corrected chi connectivity index (χ2v) is 7.76. The summed E-state index contributed by atoms with van der Waals surface area (Å²) in [5, 5.41) is 11.1. The van der Waals surface area contributed by atoms with Crippen molar-refractivity contribution in [2.75, 3.05) is 33.8 Å². The van der Waals surface area contributed by atoms with Crippen LogP contribution in [0.4, 0.5) is 23.0 Å². The molecule has 0 saturated heterocycles. The van der Waals surface area contributed by atoms with Gasteiger partial charge in [0.15, 0.2) is 11.6 Å². The van der Waals surface area contributed by atoms with Gasteiger partial charge in [-0.1, -0.05) is 13.3 Å². The lowest BCUT2D eigenvalue weighted by Crippen LogP contribution is -2.21. The Bertz CT molecular complexity index is 772. The number of sulfonamides is 1. The monoisotopic (exact) mass is 377 g/mol. The van der Waals surface area contributed by atoms with E-state index in [1.807, 2.05) is 19.1 Å². The molecule has 1 aromatic heterocycles. The smallest absolute Gasteiger partial charge is 0.233 e. The average molecular weight is 378 g/mol. The van der Waals surface area contributed by atoms with E-state index in [-0.39, 0.29) is 11.6 Å². The molecule has 0 aliphatic carbocycles. The van der Waals surface area contributed by atoms with Crippen LogP contribution in [0.1, 0.15) is 33.6 Å². The highest BCUT2D eigenvalue weighted by Crippen LogP contribution is 2.20. The zero-order valence-electron chi connectivity index (χ0n) is 15.6. The predicted octanol–water partition coefficient (Wildman–Crippen LogP) is 3.61. The molecule has 0 fully saturated rings. The van der Waals surface area contributed by atoms with Crippen LogP contribution in [-0.2, 0) is 10.0 Å². The summed E-state index contributed by atoms with van der Waals surface area (Å²) in [5.74, 6) is 0.866. The average Bonchev–Trinajstić information content (AvgIpc) is 2.64. The summed E-state index contributed by atoms with van der Waals surface area (Å²) in [5.41, 5.74) is 2.06. The number of anilines is 4. The van der Waals surface area contributed by atoms with Crippen LogP contribution < -0.4 is 14.9 Å². The van der Waals surface area contributed by atoms with Gasteiger partial charge in [-0.2, -0.15) is 0 Å². The third-order valence-corrected chi connectivity index (χ3v) is 5.31. The molecule has 0 radical (unpaired) electrons. The van der Waals surface area contributed by atoms with E-state index in [0.717, 1.165) is 25.2 Å². The Morgan fingerprint density at radius 3 is 2.08 bits per heavy atom. The van der Waals surface area contributed by atoms with E-state index in [1.54, 1.807) is 12.1 Å². The van der Waals surface area contributed by atoms with Crippen LogP contribution >= 0.6 is 0 Å². The van der Waals surface area contributed by atoms with Crippen molar-refractivity contribution < 1.29 is 8.42 Å². The summed E-state index contributed by atoms with van der Waals surface area (Å²) in [6.07, 6.45) is 1.44. The summed E-state index contributed by atoms with van der Waals surface area (Å²) in [7, 11) is -3.36. The van der Waals surface area contributed by atoms with Crippen molar-refractivity contribution in [1.82, 2.24) is 10.2 Å². The Balaban J connectivity index is 1.98. The van der Waals surface area contributed by atoms with Crippen LogP contribution in [0.25, 0.3) is 0 Å². The fourth-order valence-corrected chi connectivity index (χ4v) is 3.69. The van der Waals surface area contributed by atoms with Crippen molar-refractivity contribution in [2.24, 2.45) is 0 Å². The highest BCUT2D eigenvalue weighted by atomic mass is 32.2. The quantitative estimate of drug-likeness (QED) is 0.658. The first-order chi connectivity index (χ1) is 12.5. The number of nitrogens with one attached hydrogen (secondary N) is 2. The molecule has 1 aromatic carbocycles. The molecule has 7 nitrogen and oxygen atoms in total. The first-order valence-electron chi connectivity index (χ1n) is 8.93. The molecule has 0 atom stereocenters. The second kappa shape index (κ2) is 9.38. The SMILES string of the molecule is CCCCS(=O)(=O)Nc1ccc(Nc2ccc(N(CC)CC)cc2)nn1. The Kier molecular flexibility index (Phi) is 7.20. The van der Waals surface area contributed by atoms with Crippen molar-refractivity contribution in [1.29, 1.82) is 0 Å². The Morgan fingerprint density at radius 2 is 1.54 bits per heavy atom. The van der Waals surface area contributed by atoms with E-state index in [2.05, 4.69) is 51.1 Å². The van der Waals surface area contributed by atoms with Crippen molar-refractivity contribution in [3.63, 3.8) is 0 Å². The van der Waals surface area contributed by atoms with Crippen LogP contribution in [0.5, 0.6) is 0 Å². The molecular weight excluding hydrogens is 350 g/mol. The molecule has 0 unspecified atom stereocenters.